The van der Waals surface area contributed by atoms with Crippen molar-refractivity contribution in [2.45, 2.75) is 76.3 Å². The van der Waals surface area contributed by atoms with Crippen molar-refractivity contribution >= 4 is 123 Å². The fourth-order valence-corrected chi connectivity index (χ4v) is 8.66. The van der Waals surface area contributed by atoms with E-state index >= 15 is 0 Å². The van der Waals surface area contributed by atoms with Crippen LogP contribution in [0.1, 0.15) is 85.3 Å². The first kappa shape index (κ1) is 48.7. The summed E-state index contributed by atoms with van der Waals surface area (Å²) in [6, 6.07) is 21.2. The molecule has 9 rings (SSSR count). The van der Waals surface area contributed by atoms with Gasteiger partial charge in [-0.15, -0.1) is 24.8 Å². The zero-order chi connectivity index (χ0) is 44.0. The molecule has 5 heterocycles. The molecule has 2 aliphatic carbocycles. The zero-order valence-electron chi connectivity index (χ0n) is 35.0. The number of rotatable bonds is 9. The molecule has 0 atom stereocenters. The highest BCUT2D eigenvalue weighted by Gasteiger charge is 2.35. The van der Waals surface area contributed by atoms with Gasteiger partial charge in [0.15, 0.2) is 0 Å². The lowest BCUT2D eigenvalue weighted by Crippen LogP contribution is -2.40. The minimum atomic E-state index is -0.516. The van der Waals surface area contributed by atoms with E-state index in [1.54, 1.807) is 42.5 Å². The van der Waals surface area contributed by atoms with Gasteiger partial charge in [0.2, 0.25) is 29.2 Å². The van der Waals surface area contributed by atoms with Crippen LogP contribution in [0.5, 0.6) is 0 Å². The van der Waals surface area contributed by atoms with Gasteiger partial charge in [0.1, 0.15) is 34.2 Å². The average molecular weight is 967 g/mol. The quantitative estimate of drug-likeness (QED) is 0.0924. The van der Waals surface area contributed by atoms with E-state index in [-0.39, 0.29) is 78.0 Å². The SMILES string of the molecule is Cl.Cl.NC1CCC(C(=O)Nc2c(C(=O)Nc3ccc(Cl)cn3)oc3ccccc23)CC1.O=C(Nc1ccc(Cl)cn1)c1oc2ccccc2c1NC(=O)C1CCC(N2CCCC2=O)CC1. The van der Waals surface area contributed by atoms with Crippen LogP contribution in [-0.4, -0.2) is 63.0 Å². The number of halogens is 4. The van der Waals surface area contributed by atoms with Crippen molar-refractivity contribution in [3.05, 3.63) is 107 Å². The second-order valence-electron chi connectivity index (χ2n) is 16.0. The third kappa shape index (κ3) is 11.6. The normalized spacial score (nSPS) is 19.2. The lowest BCUT2D eigenvalue weighted by atomic mass is 9.84. The second kappa shape index (κ2) is 22.0. The number of pyridine rings is 2. The van der Waals surface area contributed by atoms with E-state index in [1.807, 2.05) is 35.2 Å². The summed E-state index contributed by atoms with van der Waals surface area (Å²) in [5.41, 5.74) is 7.68. The second-order valence-corrected chi connectivity index (χ2v) is 16.9. The molecule has 5 amide bonds. The number of amides is 5. The molecule has 1 aliphatic heterocycles. The maximum Gasteiger partial charge on any atom is 0.294 e. The summed E-state index contributed by atoms with van der Waals surface area (Å²) in [4.78, 5) is 74.0. The number of hydrogen-bond donors (Lipinski definition) is 5. The standard InChI is InChI=1S/C25H25ClN4O4.C21H21ClN4O3.2ClH/c26-16-9-12-20(27-14-16)28-25(33)23-22(18-4-1-2-5-19(18)34-23)29-24(32)15-7-10-17(11-8-15)30-13-3-6-21(30)31;22-13-7-10-17(24-11-13)25-21(28)19-18(15-3-1-2-4-16(15)29-19)26-20(27)12-5-8-14(23)9-6-12;;/h1-2,4-5,9,12,14-15,17H,3,6-8,10-11,13H2,(H,29,32)(H,27,28,33);1-4,7,10-12,14H,5-6,8-9,23H2,(H,26,27)(H,24,25,28);2*1H. The van der Waals surface area contributed by atoms with Crippen LogP contribution in [0.3, 0.4) is 0 Å². The number of fused-ring (bicyclic) bond motifs is 2. The Bertz CT molecular complexity index is 2640. The van der Waals surface area contributed by atoms with Crippen molar-refractivity contribution in [1.29, 1.82) is 0 Å². The number of nitrogens with zero attached hydrogens (tertiary/aromatic N) is 3. The van der Waals surface area contributed by atoms with E-state index in [1.165, 1.54) is 12.4 Å². The lowest BCUT2D eigenvalue weighted by Gasteiger charge is -2.34. The molecule has 0 unspecified atom stereocenters. The molecule has 1 saturated heterocycles. The molecule has 0 radical (unpaired) electrons. The smallest absolute Gasteiger partial charge is 0.294 e. The Morgan fingerprint density at radius 1 is 0.615 bits per heavy atom. The van der Waals surface area contributed by atoms with Crippen LogP contribution >= 0.6 is 48.0 Å². The van der Waals surface area contributed by atoms with Crippen LogP contribution in [0.15, 0.2) is 94.0 Å². The first-order chi connectivity index (χ1) is 30.5. The number of furan rings is 2. The fraction of sp³-hybridized carbons (Fsp3) is 0.326. The first-order valence-electron chi connectivity index (χ1n) is 21.1. The highest BCUT2D eigenvalue weighted by Crippen LogP contribution is 2.36. The van der Waals surface area contributed by atoms with Crippen molar-refractivity contribution in [3.8, 4) is 0 Å². The average Bonchev–Trinajstić information content (AvgIpc) is 4.01. The van der Waals surface area contributed by atoms with E-state index < -0.39 is 11.8 Å². The number of nitrogens with two attached hydrogens (primary N) is 1. The molecule has 19 heteroatoms. The molecule has 6 aromatic rings. The van der Waals surface area contributed by atoms with E-state index in [4.69, 9.17) is 37.8 Å². The largest absolute Gasteiger partial charge is 0.449 e. The van der Waals surface area contributed by atoms with Gasteiger partial charge in [-0.2, -0.15) is 0 Å². The molecule has 2 saturated carbocycles. The van der Waals surface area contributed by atoms with Gasteiger partial charge in [-0.3, -0.25) is 24.0 Å². The molecular weight excluding hydrogens is 918 g/mol. The highest BCUT2D eigenvalue weighted by molar-refractivity contribution is 6.30. The summed E-state index contributed by atoms with van der Waals surface area (Å²) < 4.78 is 11.6. The molecule has 0 bridgehead atoms. The number of aromatic nitrogens is 2. The number of likely N-dealkylation sites (tertiary alicyclic amines) is 1. The van der Waals surface area contributed by atoms with Gasteiger partial charge in [-0.1, -0.05) is 47.5 Å². The molecule has 3 fully saturated rings. The van der Waals surface area contributed by atoms with Gasteiger partial charge in [0.05, 0.1) is 10.0 Å². The molecule has 342 valence electrons. The number of para-hydroxylation sites is 2. The Labute approximate surface area is 396 Å². The number of anilines is 4. The summed E-state index contributed by atoms with van der Waals surface area (Å²) in [6.45, 7) is 0.822. The summed E-state index contributed by atoms with van der Waals surface area (Å²) in [7, 11) is 0. The Balaban J connectivity index is 0.000000211. The topological polar surface area (TPSA) is 215 Å². The Morgan fingerprint density at radius 3 is 1.48 bits per heavy atom. The number of nitrogens with one attached hydrogen (secondary N) is 4. The molecule has 0 spiro atoms. The van der Waals surface area contributed by atoms with Crippen LogP contribution in [0.4, 0.5) is 23.0 Å². The maximum atomic E-state index is 13.2. The summed E-state index contributed by atoms with van der Waals surface area (Å²) in [5.74, 6) is -0.669. The van der Waals surface area contributed by atoms with Gasteiger partial charge in [0.25, 0.3) is 11.8 Å². The first-order valence-corrected chi connectivity index (χ1v) is 21.8. The number of carbonyl (C=O) groups excluding carboxylic acids is 5. The third-order valence-corrected chi connectivity index (χ3v) is 12.2. The molecular formula is C46H48Cl4N8O7. The van der Waals surface area contributed by atoms with E-state index in [2.05, 4.69) is 31.2 Å². The summed E-state index contributed by atoms with van der Waals surface area (Å²) in [5, 5.41) is 13.5. The van der Waals surface area contributed by atoms with Gasteiger partial charge in [-0.05, 0) is 106 Å². The zero-order valence-corrected chi connectivity index (χ0v) is 38.2. The number of benzene rings is 2. The minimum Gasteiger partial charge on any atom is -0.449 e. The van der Waals surface area contributed by atoms with Crippen LogP contribution in [0.2, 0.25) is 10.0 Å². The number of hydrogen-bond acceptors (Lipinski definition) is 10. The predicted molar refractivity (Wildman–Crippen MR) is 255 cm³/mol. The monoisotopic (exact) mass is 964 g/mol. The summed E-state index contributed by atoms with van der Waals surface area (Å²) >= 11 is 11.7. The van der Waals surface area contributed by atoms with Crippen LogP contribution in [0, 0.1) is 11.8 Å². The Kier molecular flexibility index (Phi) is 16.5. The van der Waals surface area contributed by atoms with Crippen molar-refractivity contribution in [1.82, 2.24) is 14.9 Å². The minimum absolute atomic E-state index is 0. The van der Waals surface area contributed by atoms with Crippen molar-refractivity contribution < 1.29 is 32.8 Å². The molecule has 2 aromatic carbocycles. The predicted octanol–water partition coefficient (Wildman–Crippen LogP) is 9.89. The van der Waals surface area contributed by atoms with Crippen molar-refractivity contribution in [3.63, 3.8) is 0 Å². The van der Waals surface area contributed by atoms with Crippen LogP contribution in [0.25, 0.3) is 21.9 Å². The van der Waals surface area contributed by atoms with Gasteiger partial charge in [-0.25, -0.2) is 9.97 Å². The van der Waals surface area contributed by atoms with E-state index in [9.17, 15) is 24.0 Å². The van der Waals surface area contributed by atoms with E-state index in [0.717, 1.165) is 51.5 Å². The van der Waals surface area contributed by atoms with E-state index in [0.29, 0.717) is 74.3 Å². The van der Waals surface area contributed by atoms with Gasteiger partial charge < -0.3 is 40.7 Å². The highest BCUT2D eigenvalue weighted by atomic mass is 35.5. The Morgan fingerprint density at radius 2 is 1.06 bits per heavy atom. The van der Waals surface area contributed by atoms with Crippen molar-refractivity contribution in [2.24, 2.45) is 17.6 Å². The molecule has 6 N–H and O–H groups in total. The summed E-state index contributed by atoms with van der Waals surface area (Å²) in [6.07, 6.45) is 10.6. The fourth-order valence-electron chi connectivity index (χ4n) is 8.44. The lowest BCUT2D eigenvalue weighted by molar-refractivity contribution is -0.130. The van der Waals surface area contributed by atoms with Gasteiger partial charge >= 0.3 is 0 Å². The molecule has 15 nitrogen and oxygen atoms in total. The van der Waals surface area contributed by atoms with Gasteiger partial charge in [0, 0.05) is 60.1 Å². The number of carbonyl (C=O) groups is 5. The van der Waals surface area contributed by atoms with Crippen LogP contribution in [-0.2, 0) is 14.4 Å². The molecule has 4 aromatic heterocycles. The maximum absolute atomic E-state index is 13.2. The molecule has 3 aliphatic rings. The molecule has 65 heavy (non-hydrogen) atoms. The Hall–Kier alpha value is -5.71. The van der Waals surface area contributed by atoms with Crippen LogP contribution < -0.4 is 27.0 Å². The van der Waals surface area contributed by atoms with Crippen molar-refractivity contribution in [2.75, 3.05) is 27.8 Å². The third-order valence-electron chi connectivity index (χ3n) is 11.8.